The number of carboxylic acid groups (broad SMARTS) is 1. The van der Waals surface area contributed by atoms with E-state index in [2.05, 4.69) is 10.6 Å². The Morgan fingerprint density at radius 2 is 1.65 bits per heavy atom. The molecule has 0 aliphatic heterocycles. The van der Waals surface area contributed by atoms with Crippen LogP contribution in [0.15, 0.2) is 71.5 Å². The van der Waals surface area contributed by atoms with Crippen LogP contribution in [0.1, 0.15) is 34.8 Å². The zero-order valence-corrected chi connectivity index (χ0v) is 17.5. The average molecular weight is 419 g/mol. The molecule has 0 saturated heterocycles. The summed E-state index contributed by atoms with van der Waals surface area (Å²) in [5.74, 6) is -1.04. The van der Waals surface area contributed by atoms with Gasteiger partial charge >= 0.3 is 12.0 Å². The van der Waals surface area contributed by atoms with E-state index in [1.54, 1.807) is 28.8 Å². The van der Waals surface area contributed by atoms with Crippen molar-refractivity contribution in [3.05, 3.63) is 99.5 Å². The highest BCUT2D eigenvalue weighted by molar-refractivity contribution is 5.89. The van der Waals surface area contributed by atoms with Crippen LogP contribution in [-0.2, 0) is 11.3 Å². The molecule has 7 heteroatoms. The number of benzene rings is 2. The Kier molecular flexibility index (Phi) is 6.87. The van der Waals surface area contributed by atoms with E-state index in [1.807, 2.05) is 56.3 Å². The Bertz CT molecular complexity index is 1120. The van der Waals surface area contributed by atoms with Gasteiger partial charge in [0.1, 0.15) is 5.69 Å². The molecule has 0 unspecified atom stereocenters. The topological polar surface area (TPSA) is 100 Å². The molecule has 0 fully saturated rings. The van der Waals surface area contributed by atoms with Gasteiger partial charge in [-0.2, -0.15) is 0 Å². The predicted molar refractivity (Wildman–Crippen MR) is 119 cm³/mol. The molecule has 1 heterocycles. The van der Waals surface area contributed by atoms with Gasteiger partial charge in [0.25, 0.3) is 5.56 Å². The minimum Gasteiger partial charge on any atom is -0.481 e. The minimum absolute atomic E-state index is 0.122. The first-order valence-corrected chi connectivity index (χ1v) is 9.93. The van der Waals surface area contributed by atoms with Gasteiger partial charge in [0.05, 0.1) is 19.0 Å². The first-order chi connectivity index (χ1) is 14.8. The molecule has 160 valence electrons. The number of pyridine rings is 1. The molecule has 31 heavy (non-hydrogen) atoms. The number of urea groups is 1. The SMILES string of the molecule is Cc1ccc([C@H](CC(=O)O)NC(=O)Nc2ccc(C)n(Cc3ccccc3)c2=O)cc1. The predicted octanol–water partition coefficient (Wildman–Crippen LogP) is 3.85. The third-order valence-corrected chi connectivity index (χ3v) is 4.99. The molecule has 2 aromatic carbocycles. The fourth-order valence-electron chi connectivity index (χ4n) is 3.27. The second kappa shape index (κ2) is 9.75. The third-order valence-electron chi connectivity index (χ3n) is 4.99. The molecule has 1 atom stereocenters. The molecule has 3 aromatic rings. The van der Waals surface area contributed by atoms with Gasteiger partial charge in [0.15, 0.2) is 0 Å². The maximum Gasteiger partial charge on any atom is 0.319 e. The summed E-state index contributed by atoms with van der Waals surface area (Å²) < 4.78 is 1.58. The van der Waals surface area contributed by atoms with Crippen LogP contribution in [-0.4, -0.2) is 21.7 Å². The van der Waals surface area contributed by atoms with Crippen molar-refractivity contribution in [3.8, 4) is 0 Å². The summed E-state index contributed by atoms with van der Waals surface area (Å²) in [5.41, 5.74) is 3.23. The van der Waals surface area contributed by atoms with Crippen molar-refractivity contribution in [2.75, 3.05) is 5.32 Å². The van der Waals surface area contributed by atoms with Crippen LogP contribution in [0.5, 0.6) is 0 Å². The molecular formula is C24H25N3O4. The van der Waals surface area contributed by atoms with Crippen molar-refractivity contribution in [2.45, 2.75) is 32.9 Å². The molecular weight excluding hydrogens is 394 g/mol. The summed E-state index contributed by atoms with van der Waals surface area (Å²) in [5, 5.41) is 14.5. The molecule has 0 saturated carbocycles. The van der Waals surface area contributed by atoms with Crippen molar-refractivity contribution < 1.29 is 14.7 Å². The molecule has 1 aromatic heterocycles. The van der Waals surface area contributed by atoms with Crippen molar-refractivity contribution >= 4 is 17.7 Å². The van der Waals surface area contributed by atoms with Crippen LogP contribution in [0.3, 0.4) is 0 Å². The van der Waals surface area contributed by atoms with Crippen LogP contribution in [0, 0.1) is 13.8 Å². The largest absolute Gasteiger partial charge is 0.481 e. The summed E-state index contributed by atoms with van der Waals surface area (Å²) in [7, 11) is 0. The Balaban J connectivity index is 1.78. The molecule has 3 rings (SSSR count). The molecule has 0 spiro atoms. The minimum atomic E-state index is -1.04. The quantitative estimate of drug-likeness (QED) is 0.541. The summed E-state index contributed by atoms with van der Waals surface area (Å²) in [6, 6.07) is 18.8. The van der Waals surface area contributed by atoms with E-state index < -0.39 is 18.0 Å². The number of carbonyl (C=O) groups is 2. The number of nitrogens with zero attached hydrogens (tertiary/aromatic N) is 1. The van der Waals surface area contributed by atoms with Gasteiger partial charge in [-0.25, -0.2) is 4.79 Å². The van der Waals surface area contributed by atoms with Gasteiger partial charge < -0.3 is 20.3 Å². The highest BCUT2D eigenvalue weighted by atomic mass is 16.4. The van der Waals surface area contributed by atoms with Gasteiger partial charge in [0, 0.05) is 5.69 Å². The van der Waals surface area contributed by atoms with Gasteiger partial charge in [-0.05, 0) is 37.1 Å². The highest BCUT2D eigenvalue weighted by Crippen LogP contribution is 2.18. The van der Waals surface area contributed by atoms with E-state index in [4.69, 9.17) is 0 Å². The number of aromatic nitrogens is 1. The maximum atomic E-state index is 12.9. The lowest BCUT2D eigenvalue weighted by atomic mass is 10.0. The highest BCUT2D eigenvalue weighted by Gasteiger charge is 2.19. The smallest absolute Gasteiger partial charge is 0.319 e. The lowest BCUT2D eigenvalue weighted by Crippen LogP contribution is -2.36. The van der Waals surface area contributed by atoms with Gasteiger partial charge in [-0.3, -0.25) is 9.59 Å². The summed E-state index contributed by atoms with van der Waals surface area (Å²) >= 11 is 0. The molecule has 0 radical (unpaired) electrons. The second-order valence-electron chi connectivity index (χ2n) is 7.42. The van der Waals surface area contributed by atoms with Crippen molar-refractivity contribution in [1.29, 1.82) is 0 Å². The molecule has 3 N–H and O–H groups in total. The lowest BCUT2D eigenvalue weighted by molar-refractivity contribution is -0.137. The van der Waals surface area contributed by atoms with E-state index >= 15 is 0 Å². The van der Waals surface area contributed by atoms with Crippen molar-refractivity contribution in [3.63, 3.8) is 0 Å². The van der Waals surface area contributed by atoms with Gasteiger partial charge in [0.2, 0.25) is 0 Å². The first kappa shape index (κ1) is 21.8. The Morgan fingerprint density at radius 1 is 0.968 bits per heavy atom. The van der Waals surface area contributed by atoms with Gasteiger partial charge in [-0.15, -0.1) is 0 Å². The number of carbonyl (C=O) groups excluding carboxylic acids is 1. The number of hydrogen-bond donors (Lipinski definition) is 3. The second-order valence-corrected chi connectivity index (χ2v) is 7.42. The van der Waals surface area contributed by atoms with Crippen molar-refractivity contribution in [1.82, 2.24) is 9.88 Å². The van der Waals surface area contributed by atoms with Crippen LogP contribution >= 0.6 is 0 Å². The maximum absolute atomic E-state index is 12.9. The van der Waals surface area contributed by atoms with Gasteiger partial charge in [-0.1, -0.05) is 60.2 Å². The fourth-order valence-corrected chi connectivity index (χ4v) is 3.27. The molecule has 0 aliphatic rings. The van der Waals surface area contributed by atoms with E-state index in [9.17, 15) is 19.5 Å². The van der Waals surface area contributed by atoms with Crippen LogP contribution in [0.2, 0.25) is 0 Å². The fraction of sp³-hybridized carbons (Fsp3) is 0.208. The number of aryl methyl sites for hydroxylation is 2. The van der Waals surface area contributed by atoms with E-state index in [-0.39, 0.29) is 17.7 Å². The van der Waals surface area contributed by atoms with E-state index in [1.165, 1.54) is 0 Å². The van der Waals surface area contributed by atoms with Crippen LogP contribution in [0.25, 0.3) is 0 Å². The molecule has 0 aliphatic carbocycles. The summed E-state index contributed by atoms with van der Waals surface area (Å²) in [4.78, 5) is 36.8. The number of hydrogen-bond acceptors (Lipinski definition) is 3. The Labute approximate surface area is 180 Å². The Morgan fingerprint density at radius 3 is 2.29 bits per heavy atom. The Hall–Kier alpha value is -3.87. The lowest BCUT2D eigenvalue weighted by Gasteiger charge is -2.19. The molecule has 7 nitrogen and oxygen atoms in total. The monoisotopic (exact) mass is 419 g/mol. The molecule has 0 bridgehead atoms. The van der Waals surface area contributed by atoms with E-state index in [0.717, 1.165) is 16.8 Å². The first-order valence-electron chi connectivity index (χ1n) is 9.93. The number of carboxylic acids is 1. The summed E-state index contributed by atoms with van der Waals surface area (Å²) in [6.07, 6.45) is -0.275. The number of rotatable bonds is 7. The zero-order chi connectivity index (χ0) is 22.4. The third kappa shape index (κ3) is 5.82. The van der Waals surface area contributed by atoms with Crippen LogP contribution in [0.4, 0.5) is 10.5 Å². The number of aliphatic carboxylic acids is 1. The average Bonchev–Trinajstić information content (AvgIpc) is 2.74. The normalized spacial score (nSPS) is 11.5. The number of nitrogens with one attached hydrogen (secondary N) is 2. The summed E-state index contributed by atoms with van der Waals surface area (Å²) in [6.45, 7) is 4.14. The van der Waals surface area contributed by atoms with Crippen LogP contribution < -0.4 is 16.2 Å². The number of amides is 2. The standard InChI is InChI=1S/C24H25N3O4/c1-16-8-11-19(12-9-16)21(14-22(28)29)26-24(31)25-20-13-10-17(2)27(23(20)30)15-18-6-4-3-5-7-18/h3-13,21H,14-15H2,1-2H3,(H,28,29)(H2,25,26,31)/t21-/m0/s1. The van der Waals surface area contributed by atoms with Crippen molar-refractivity contribution in [2.24, 2.45) is 0 Å². The zero-order valence-electron chi connectivity index (χ0n) is 17.5. The van der Waals surface area contributed by atoms with E-state index in [0.29, 0.717) is 12.1 Å². The molecule has 2 amide bonds. The number of anilines is 1.